The normalized spacial score (nSPS) is 22.7. The van der Waals surface area contributed by atoms with Crippen molar-refractivity contribution in [2.45, 2.75) is 25.1 Å². The summed E-state index contributed by atoms with van der Waals surface area (Å²) in [6.07, 6.45) is 0. The van der Waals surface area contributed by atoms with Crippen LogP contribution < -0.4 is 10.0 Å². The van der Waals surface area contributed by atoms with Crippen molar-refractivity contribution in [1.82, 2.24) is 10.0 Å². The molecule has 15 heavy (non-hydrogen) atoms. The summed E-state index contributed by atoms with van der Waals surface area (Å²) in [7, 11) is -3.54. The van der Waals surface area contributed by atoms with E-state index in [0.717, 1.165) is 0 Å². The molecule has 1 fully saturated rings. The molecule has 6 nitrogen and oxygen atoms in total. The molecule has 0 aromatic heterocycles. The quantitative estimate of drug-likeness (QED) is 0.645. The fourth-order valence-corrected chi connectivity index (χ4v) is 1.72. The maximum atomic E-state index is 11.5. The minimum Gasteiger partial charge on any atom is -0.378 e. The average molecular weight is 236 g/mol. The SMILES string of the molecule is CC(C)S(=O)(=O)NC(=O)C1COCCN1. The van der Waals surface area contributed by atoms with Gasteiger partial charge in [-0.25, -0.2) is 8.42 Å². The fourth-order valence-electron chi connectivity index (χ4n) is 1.06. The van der Waals surface area contributed by atoms with Crippen molar-refractivity contribution in [3.05, 3.63) is 0 Å². The van der Waals surface area contributed by atoms with E-state index in [0.29, 0.717) is 13.2 Å². The van der Waals surface area contributed by atoms with E-state index in [9.17, 15) is 13.2 Å². The maximum absolute atomic E-state index is 11.5. The molecule has 0 radical (unpaired) electrons. The molecule has 1 atom stereocenters. The van der Waals surface area contributed by atoms with Crippen molar-refractivity contribution >= 4 is 15.9 Å². The van der Waals surface area contributed by atoms with Crippen LogP contribution in [0.3, 0.4) is 0 Å². The summed E-state index contributed by atoms with van der Waals surface area (Å²) < 4.78 is 29.8. The van der Waals surface area contributed by atoms with E-state index in [1.807, 2.05) is 4.72 Å². The number of morpholine rings is 1. The summed E-state index contributed by atoms with van der Waals surface area (Å²) in [4.78, 5) is 11.5. The Morgan fingerprint density at radius 2 is 2.20 bits per heavy atom. The fraction of sp³-hybridized carbons (Fsp3) is 0.875. The molecule has 0 aromatic carbocycles. The number of hydrogen-bond donors (Lipinski definition) is 2. The largest absolute Gasteiger partial charge is 0.378 e. The van der Waals surface area contributed by atoms with Gasteiger partial charge in [-0.2, -0.15) is 0 Å². The molecule has 0 spiro atoms. The highest BCUT2D eigenvalue weighted by Crippen LogP contribution is 1.99. The molecular formula is C8H16N2O4S. The second-order valence-electron chi connectivity index (χ2n) is 3.64. The van der Waals surface area contributed by atoms with Gasteiger partial charge in [0.05, 0.1) is 18.5 Å². The minimum absolute atomic E-state index is 0.208. The lowest BCUT2D eigenvalue weighted by Crippen LogP contribution is -2.53. The Labute approximate surface area is 89.4 Å². The number of rotatable bonds is 3. The van der Waals surface area contributed by atoms with Gasteiger partial charge in [-0.15, -0.1) is 0 Å². The zero-order chi connectivity index (χ0) is 11.5. The third-order valence-electron chi connectivity index (χ3n) is 2.10. The first kappa shape index (κ1) is 12.4. The van der Waals surface area contributed by atoms with Gasteiger partial charge in [-0.1, -0.05) is 0 Å². The van der Waals surface area contributed by atoms with Crippen molar-refractivity contribution in [1.29, 1.82) is 0 Å². The monoisotopic (exact) mass is 236 g/mol. The molecule has 0 aromatic rings. The van der Waals surface area contributed by atoms with E-state index in [4.69, 9.17) is 4.74 Å². The molecule has 1 heterocycles. The molecular weight excluding hydrogens is 220 g/mol. The molecule has 0 bridgehead atoms. The number of sulfonamides is 1. The second-order valence-corrected chi connectivity index (χ2v) is 5.88. The number of ether oxygens (including phenoxy) is 1. The first-order chi connectivity index (χ1) is 6.93. The molecule has 0 saturated carbocycles. The van der Waals surface area contributed by atoms with Crippen molar-refractivity contribution in [2.75, 3.05) is 19.8 Å². The molecule has 2 N–H and O–H groups in total. The van der Waals surface area contributed by atoms with Gasteiger partial charge in [-0.3, -0.25) is 9.52 Å². The van der Waals surface area contributed by atoms with Crippen molar-refractivity contribution in [3.8, 4) is 0 Å². The Kier molecular flexibility index (Phi) is 4.06. The van der Waals surface area contributed by atoms with Crippen LogP contribution in [0.4, 0.5) is 0 Å². The zero-order valence-electron chi connectivity index (χ0n) is 8.82. The van der Waals surface area contributed by atoms with Crippen LogP contribution in [0.25, 0.3) is 0 Å². The molecule has 1 rings (SSSR count). The number of hydrogen-bond acceptors (Lipinski definition) is 5. The van der Waals surface area contributed by atoms with E-state index in [1.165, 1.54) is 13.8 Å². The van der Waals surface area contributed by atoms with Crippen LogP contribution in [0.5, 0.6) is 0 Å². The summed E-state index contributed by atoms with van der Waals surface area (Å²) in [5.74, 6) is -0.552. The smallest absolute Gasteiger partial charge is 0.252 e. The highest BCUT2D eigenvalue weighted by Gasteiger charge is 2.26. The number of carbonyl (C=O) groups is 1. The van der Waals surface area contributed by atoms with E-state index in [2.05, 4.69) is 5.32 Å². The molecule has 1 amide bonds. The zero-order valence-corrected chi connectivity index (χ0v) is 9.63. The van der Waals surface area contributed by atoms with Crippen LogP contribution in [-0.2, 0) is 19.6 Å². The van der Waals surface area contributed by atoms with Crippen LogP contribution in [0, 0.1) is 0 Å². The summed E-state index contributed by atoms with van der Waals surface area (Å²) in [6.45, 7) is 4.33. The predicted molar refractivity (Wildman–Crippen MR) is 54.8 cm³/mol. The van der Waals surface area contributed by atoms with Crippen molar-refractivity contribution in [3.63, 3.8) is 0 Å². The molecule has 1 aliphatic heterocycles. The Morgan fingerprint density at radius 1 is 1.53 bits per heavy atom. The van der Waals surface area contributed by atoms with Gasteiger partial charge in [0.2, 0.25) is 10.0 Å². The Morgan fingerprint density at radius 3 is 2.67 bits per heavy atom. The van der Waals surface area contributed by atoms with Gasteiger partial charge in [0, 0.05) is 6.54 Å². The first-order valence-corrected chi connectivity index (χ1v) is 6.34. The molecule has 1 saturated heterocycles. The lowest BCUT2D eigenvalue weighted by Gasteiger charge is -2.23. The molecule has 1 aliphatic rings. The predicted octanol–water partition coefficient (Wildman–Crippen LogP) is -1.17. The van der Waals surface area contributed by atoms with E-state index >= 15 is 0 Å². The van der Waals surface area contributed by atoms with Crippen LogP contribution in [-0.4, -0.2) is 45.4 Å². The summed E-state index contributed by atoms with van der Waals surface area (Å²) in [5, 5.41) is 2.26. The van der Waals surface area contributed by atoms with Gasteiger partial charge in [0.25, 0.3) is 5.91 Å². The third-order valence-corrected chi connectivity index (χ3v) is 3.83. The maximum Gasteiger partial charge on any atom is 0.252 e. The minimum atomic E-state index is -3.54. The lowest BCUT2D eigenvalue weighted by molar-refractivity contribution is -0.124. The lowest BCUT2D eigenvalue weighted by atomic mass is 10.3. The van der Waals surface area contributed by atoms with E-state index in [1.54, 1.807) is 0 Å². The number of nitrogens with one attached hydrogen (secondary N) is 2. The number of carbonyl (C=O) groups excluding carboxylic acids is 1. The van der Waals surface area contributed by atoms with Crippen LogP contribution >= 0.6 is 0 Å². The highest BCUT2D eigenvalue weighted by molar-refractivity contribution is 7.90. The molecule has 0 aliphatic carbocycles. The van der Waals surface area contributed by atoms with E-state index in [-0.39, 0.29) is 6.61 Å². The van der Waals surface area contributed by atoms with Crippen LogP contribution in [0.1, 0.15) is 13.8 Å². The first-order valence-electron chi connectivity index (χ1n) is 4.80. The van der Waals surface area contributed by atoms with Crippen molar-refractivity contribution in [2.24, 2.45) is 0 Å². The van der Waals surface area contributed by atoms with Gasteiger partial charge in [-0.05, 0) is 13.8 Å². The molecule has 1 unspecified atom stereocenters. The Hall–Kier alpha value is -0.660. The summed E-state index contributed by atoms with van der Waals surface area (Å²) >= 11 is 0. The van der Waals surface area contributed by atoms with Gasteiger partial charge < -0.3 is 10.1 Å². The Balaban J connectivity index is 2.55. The third kappa shape index (κ3) is 3.44. The van der Waals surface area contributed by atoms with Crippen LogP contribution in [0.15, 0.2) is 0 Å². The highest BCUT2D eigenvalue weighted by atomic mass is 32.2. The summed E-state index contributed by atoms with van der Waals surface area (Å²) in [6, 6.07) is -0.577. The molecule has 88 valence electrons. The van der Waals surface area contributed by atoms with Gasteiger partial charge in [0.1, 0.15) is 6.04 Å². The second kappa shape index (κ2) is 4.91. The van der Waals surface area contributed by atoms with Gasteiger partial charge in [0.15, 0.2) is 0 Å². The number of amides is 1. The van der Waals surface area contributed by atoms with E-state index < -0.39 is 27.2 Å². The Bertz CT molecular complexity index is 320. The topological polar surface area (TPSA) is 84.5 Å². The van der Waals surface area contributed by atoms with Crippen LogP contribution in [0.2, 0.25) is 0 Å². The van der Waals surface area contributed by atoms with Crippen molar-refractivity contribution < 1.29 is 17.9 Å². The standard InChI is InChI=1S/C8H16N2O4S/c1-6(2)15(12,13)10-8(11)7-5-14-4-3-9-7/h6-7,9H,3-5H2,1-2H3,(H,10,11). The van der Waals surface area contributed by atoms with Gasteiger partial charge >= 0.3 is 0 Å². The molecule has 7 heteroatoms. The summed E-state index contributed by atoms with van der Waals surface area (Å²) in [5.41, 5.74) is 0. The average Bonchev–Trinajstić information content (AvgIpc) is 2.18.